The molecule has 0 aromatic heterocycles. The van der Waals surface area contributed by atoms with Crippen LogP contribution in [0, 0.1) is 0 Å². The maximum atomic E-state index is 12.0. The van der Waals surface area contributed by atoms with Crippen LogP contribution >= 0.6 is 0 Å². The number of rotatable bonds is 10. The lowest BCUT2D eigenvalue weighted by atomic mass is 10.1. The van der Waals surface area contributed by atoms with Crippen LogP contribution < -0.4 is 10.1 Å². The number of aryl methyl sites for hydroxylation is 1. The summed E-state index contributed by atoms with van der Waals surface area (Å²) in [6, 6.07) is 12.6. The zero-order valence-electron chi connectivity index (χ0n) is 15.5. The van der Waals surface area contributed by atoms with E-state index < -0.39 is 0 Å². The molecule has 0 fully saturated rings. The number of nitrogens with zero attached hydrogens (tertiary/aromatic N) is 1. The van der Waals surface area contributed by atoms with Gasteiger partial charge in [0.1, 0.15) is 0 Å². The van der Waals surface area contributed by atoms with Crippen LogP contribution in [0.15, 0.2) is 48.5 Å². The van der Waals surface area contributed by atoms with E-state index in [0.29, 0.717) is 18.7 Å². The molecule has 0 bridgehead atoms. The van der Waals surface area contributed by atoms with Crippen LogP contribution in [0.4, 0.5) is 0 Å². The second kappa shape index (κ2) is 11.1. The van der Waals surface area contributed by atoms with E-state index in [2.05, 4.69) is 10.2 Å². The normalized spacial score (nSPS) is 11.1. The van der Waals surface area contributed by atoms with Gasteiger partial charge in [-0.1, -0.05) is 30.3 Å². The van der Waals surface area contributed by atoms with Gasteiger partial charge >= 0.3 is 0 Å². The first-order chi connectivity index (χ1) is 13.5. The molecule has 2 aromatic rings. The molecule has 0 saturated heterocycles. The Labute approximate surface area is 163 Å². The van der Waals surface area contributed by atoms with Crippen molar-refractivity contribution in [3.63, 3.8) is 0 Å². The van der Waals surface area contributed by atoms with Crippen molar-refractivity contribution < 1.29 is 29.9 Å². The zero-order valence-corrected chi connectivity index (χ0v) is 15.5. The molecule has 0 radical (unpaired) electrons. The monoisotopic (exact) mass is 388 g/mol. The number of amides is 1. The average molecular weight is 388 g/mol. The van der Waals surface area contributed by atoms with Crippen molar-refractivity contribution in [1.29, 1.82) is 0 Å². The van der Waals surface area contributed by atoms with E-state index in [4.69, 9.17) is 15.2 Å². The molecule has 0 aliphatic heterocycles. The standard InChI is InChI=1S/C20H24N2O6/c1-27-19-13-16(8-10-18(19)23)9-11-20(24)21-14-17-6-4-15(5-7-17)3-2-12-28-22(25)26/h4-11,13,23,25-26H,2-3,12,14H2,1H3,(H,21,24)/b11-9+. The van der Waals surface area contributed by atoms with E-state index in [1.54, 1.807) is 18.2 Å². The number of aromatic hydroxyl groups is 1. The number of phenolic OH excluding ortho intramolecular Hbond substituents is 1. The minimum absolute atomic E-state index is 0.0452. The molecule has 0 heterocycles. The van der Waals surface area contributed by atoms with Crippen molar-refractivity contribution in [2.24, 2.45) is 0 Å². The minimum Gasteiger partial charge on any atom is -0.504 e. The van der Waals surface area contributed by atoms with E-state index in [1.807, 2.05) is 24.3 Å². The fourth-order valence-electron chi connectivity index (χ4n) is 2.46. The lowest BCUT2D eigenvalue weighted by molar-refractivity contribution is -0.492. The number of hydrogen-bond acceptors (Lipinski definition) is 7. The number of ether oxygens (including phenoxy) is 1. The molecule has 2 aromatic carbocycles. The second-order valence-corrected chi connectivity index (χ2v) is 5.99. The maximum absolute atomic E-state index is 12.0. The first-order valence-corrected chi connectivity index (χ1v) is 8.69. The first kappa shape index (κ1) is 21.4. The molecule has 1 amide bonds. The number of methoxy groups -OCH3 is 1. The first-order valence-electron chi connectivity index (χ1n) is 8.69. The summed E-state index contributed by atoms with van der Waals surface area (Å²) in [6.45, 7) is 0.597. The number of carbonyl (C=O) groups excluding carboxylic acids is 1. The minimum atomic E-state index is -0.293. The highest BCUT2D eigenvalue weighted by atomic mass is 17.1. The molecule has 2 rings (SSSR count). The molecule has 0 unspecified atom stereocenters. The molecule has 0 aliphatic rings. The molecule has 0 aliphatic carbocycles. The summed E-state index contributed by atoms with van der Waals surface area (Å²) in [5.74, 6) is 0.161. The van der Waals surface area contributed by atoms with Gasteiger partial charge in [-0.15, -0.1) is 0 Å². The van der Waals surface area contributed by atoms with Gasteiger partial charge in [0.05, 0.1) is 19.1 Å². The Morgan fingerprint density at radius 1 is 1.14 bits per heavy atom. The number of hydrogen-bond donors (Lipinski definition) is 4. The zero-order chi connectivity index (χ0) is 20.4. The van der Waals surface area contributed by atoms with Gasteiger partial charge in [0.25, 0.3) is 0 Å². The summed E-state index contributed by atoms with van der Waals surface area (Å²) in [7, 11) is 1.46. The van der Waals surface area contributed by atoms with Gasteiger partial charge in [-0.05, 0) is 47.7 Å². The Bertz CT molecular complexity index is 790. The lowest BCUT2D eigenvalue weighted by Gasteiger charge is -2.07. The molecule has 0 spiro atoms. The summed E-state index contributed by atoms with van der Waals surface area (Å²) in [6.07, 6.45) is 4.44. The lowest BCUT2D eigenvalue weighted by Crippen LogP contribution is -2.20. The van der Waals surface area contributed by atoms with Crippen LogP contribution in [0.3, 0.4) is 0 Å². The van der Waals surface area contributed by atoms with E-state index in [9.17, 15) is 9.90 Å². The molecule has 150 valence electrons. The topological polar surface area (TPSA) is 111 Å². The van der Waals surface area contributed by atoms with Crippen molar-refractivity contribution in [2.45, 2.75) is 19.4 Å². The van der Waals surface area contributed by atoms with Gasteiger partial charge in [-0.3, -0.25) is 20.0 Å². The van der Waals surface area contributed by atoms with Crippen LogP contribution in [-0.4, -0.2) is 40.5 Å². The van der Waals surface area contributed by atoms with Crippen molar-refractivity contribution in [1.82, 2.24) is 10.7 Å². The average Bonchev–Trinajstić information content (AvgIpc) is 2.69. The Hall–Kier alpha value is -2.91. The van der Waals surface area contributed by atoms with Gasteiger partial charge in [-0.2, -0.15) is 0 Å². The molecular weight excluding hydrogens is 364 g/mol. The van der Waals surface area contributed by atoms with Gasteiger partial charge in [0, 0.05) is 12.6 Å². The third-order valence-electron chi connectivity index (χ3n) is 3.94. The molecule has 4 N–H and O–H groups in total. The summed E-state index contributed by atoms with van der Waals surface area (Å²) in [5.41, 5.74) is 2.79. The number of carbonyl (C=O) groups is 1. The SMILES string of the molecule is COc1cc(/C=C/C(=O)NCc2ccc(CCCON(O)O)cc2)ccc1O. The molecule has 8 nitrogen and oxygen atoms in total. The Morgan fingerprint density at radius 3 is 2.54 bits per heavy atom. The number of phenols is 1. The van der Waals surface area contributed by atoms with Crippen LogP contribution in [-0.2, 0) is 22.6 Å². The Morgan fingerprint density at radius 2 is 1.86 bits per heavy atom. The van der Waals surface area contributed by atoms with Gasteiger partial charge < -0.3 is 15.2 Å². The van der Waals surface area contributed by atoms with Crippen LogP contribution in [0.1, 0.15) is 23.1 Å². The molecule has 0 atom stereocenters. The molecule has 8 heteroatoms. The van der Waals surface area contributed by atoms with Crippen LogP contribution in [0.5, 0.6) is 11.5 Å². The number of nitrogens with one attached hydrogen (secondary N) is 1. The molecule has 0 saturated carbocycles. The highest BCUT2D eigenvalue weighted by Crippen LogP contribution is 2.26. The van der Waals surface area contributed by atoms with E-state index >= 15 is 0 Å². The summed E-state index contributed by atoms with van der Waals surface area (Å²) in [5, 5.41) is 29.0. The third-order valence-corrected chi connectivity index (χ3v) is 3.94. The van der Waals surface area contributed by atoms with Crippen molar-refractivity contribution in [3.05, 3.63) is 65.2 Å². The smallest absolute Gasteiger partial charge is 0.244 e. The van der Waals surface area contributed by atoms with Gasteiger partial charge in [-0.25, -0.2) is 0 Å². The van der Waals surface area contributed by atoms with Crippen molar-refractivity contribution in [3.8, 4) is 11.5 Å². The Kier molecular flexibility index (Phi) is 8.44. The summed E-state index contributed by atoms with van der Waals surface area (Å²) < 4.78 is 5.03. The predicted octanol–water partition coefficient (Wildman–Crippen LogP) is 2.68. The fraction of sp³-hybridized carbons (Fsp3) is 0.250. The highest BCUT2D eigenvalue weighted by molar-refractivity contribution is 5.91. The van der Waals surface area contributed by atoms with Crippen LogP contribution in [0.2, 0.25) is 0 Å². The summed E-state index contributed by atoms with van der Waals surface area (Å²) >= 11 is 0. The number of benzene rings is 2. The van der Waals surface area contributed by atoms with Gasteiger partial charge in [0.15, 0.2) is 11.5 Å². The highest BCUT2D eigenvalue weighted by Gasteiger charge is 2.02. The van der Waals surface area contributed by atoms with E-state index in [-0.39, 0.29) is 23.7 Å². The second-order valence-electron chi connectivity index (χ2n) is 5.99. The fourth-order valence-corrected chi connectivity index (χ4v) is 2.46. The van der Waals surface area contributed by atoms with E-state index in [0.717, 1.165) is 23.1 Å². The largest absolute Gasteiger partial charge is 0.504 e. The van der Waals surface area contributed by atoms with Gasteiger partial charge in [0.2, 0.25) is 5.91 Å². The quantitative estimate of drug-likeness (QED) is 0.281. The molecular formula is C20H24N2O6. The van der Waals surface area contributed by atoms with Crippen LogP contribution in [0.25, 0.3) is 6.08 Å². The van der Waals surface area contributed by atoms with Crippen molar-refractivity contribution in [2.75, 3.05) is 13.7 Å². The Balaban J connectivity index is 1.77. The third kappa shape index (κ3) is 7.37. The van der Waals surface area contributed by atoms with Crippen molar-refractivity contribution >= 4 is 12.0 Å². The maximum Gasteiger partial charge on any atom is 0.244 e. The molecule has 28 heavy (non-hydrogen) atoms. The van der Waals surface area contributed by atoms with E-state index in [1.165, 1.54) is 19.3 Å². The predicted molar refractivity (Wildman–Crippen MR) is 102 cm³/mol. The summed E-state index contributed by atoms with van der Waals surface area (Å²) in [4.78, 5) is 16.5.